The van der Waals surface area contributed by atoms with Gasteiger partial charge in [-0.1, -0.05) is 0 Å². The van der Waals surface area contributed by atoms with E-state index in [1.165, 1.54) is 0 Å². The van der Waals surface area contributed by atoms with Crippen molar-refractivity contribution in [2.24, 2.45) is 0 Å². The molecule has 0 fully saturated rings. The second-order valence-corrected chi connectivity index (χ2v) is 3.04. The molecule has 1 aromatic heterocycles. The molecule has 1 atom stereocenters. The standard InChI is InChI=1S/C8H13N3O2/c1-7(3-2-4-8(12)13)11-5-9-10-6-11/h5-7H,2-4H2,1H3,(H,12,13). The zero-order valence-corrected chi connectivity index (χ0v) is 7.55. The topological polar surface area (TPSA) is 68.0 Å². The van der Waals surface area contributed by atoms with E-state index >= 15 is 0 Å². The molecule has 0 saturated heterocycles. The number of aromatic nitrogens is 3. The smallest absolute Gasteiger partial charge is 0.303 e. The molecule has 0 saturated carbocycles. The molecule has 0 radical (unpaired) electrons. The van der Waals surface area contributed by atoms with E-state index in [0.717, 1.165) is 6.42 Å². The summed E-state index contributed by atoms with van der Waals surface area (Å²) in [5.41, 5.74) is 0. The van der Waals surface area contributed by atoms with Crippen molar-refractivity contribution in [3.8, 4) is 0 Å². The summed E-state index contributed by atoms with van der Waals surface area (Å²) in [6.07, 6.45) is 5.04. The summed E-state index contributed by atoms with van der Waals surface area (Å²) in [7, 11) is 0. The van der Waals surface area contributed by atoms with E-state index in [-0.39, 0.29) is 12.5 Å². The van der Waals surface area contributed by atoms with Crippen molar-refractivity contribution < 1.29 is 9.90 Å². The van der Waals surface area contributed by atoms with Crippen LogP contribution in [0.4, 0.5) is 0 Å². The lowest BCUT2D eigenvalue weighted by Gasteiger charge is -2.10. The van der Waals surface area contributed by atoms with E-state index < -0.39 is 5.97 Å². The van der Waals surface area contributed by atoms with Crippen molar-refractivity contribution in [3.05, 3.63) is 12.7 Å². The van der Waals surface area contributed by atoms with E-state index in [2.05, 4.69) is 10.2 Å². The molecule has 13 heavy (non-hydrogen) atoms. The molecule has 72 valence electrons. The van der Waals surface area contributed by atoms with Crippen LogP contribution in [-0.4, -0.2) is 25.8 Å². The van der Waals surface area contributed by atoms with Crippen molar-refractivity contribution >= 4 is 5.97 Å². The highest BCUT2D eigenvalue weighted by Gasteiger charge is 2.05. The largest absolute Gasteiger partial charge is 0.481 e. The third-order valence-electron chi connectivity index (χ3n) is 1.96. The summed E-state index contributed by atoms with van der Waals surface area (Å²) >= 11 is 0. The lowest BCUT2D eigenvalue weighted by molar-refractivity contribution is -0.137. The molecular weight excluding hydrogens is 170 g/mol. The predicted molar refractivity (Wildman–Crippen MR) is 46.2 cm³/mol. The van der Waals surface area contributed by atoms with Gasteiger partial charge in [-0.05, 0) is 19.8 Å². The summed E-state index contributed by atoms with van der Waals surface area (Å²) in [5, 5.41) is 15.8. The minimum absolute atomic E-state index is 0.229. The average molecular weight is 183 g/mol. The summed E-state index contributed by atoms with van der Waals surface area (Å²) in [4.78, 5) is 10.2. The van der Waals surface area contributed by atoms with E-state index in [4.69, 9.17) is 5.11 Å². The molecular formula is C8H13N3O2. The first-order valence-corrected chi connectivity index (χ1v) is 4.26. The van der Waals surface area contributed by atoms with Crippen LogP contribution in [0.1, 0.15) is 32.2 Å². The Morgan fingerprint density at radius 1 is 1.54 bits per heavy atom. The number of aliphatic carboxylic acids is 1. The number of hydrogen-bond donors (Lipinski definition) is 1. The van der Waals surface area contributed by atoms with Gasteiger partial charge in [0.15, 0.2) is 0 Å². The van der Waals surface area contributed by atoms with Gasteiger partial charge < -0.3 is 9.67 Å². The minimum atomic E-state index is -0.740. The fourth-order valence-electron chi connectivity index (χ4n) is 1.13. The molecule has 1 aromatic rings. The zero-order valence-electron chi connectivity index (χ0n) is 7.55. The molecule has 5 nitrogen and oxygen atoms in total. The van der Waals surface area contributed by atoms with Crippen molar-refractivity contribution in [3.63, 3.8) is 0 Å². The molecule has 1 rings (SSSR count). The van der Waals surface area contributed by atoms with Crippen LogP contribution in [0.2, 0.25) is 0 Å². The highest BCUT2D eigenvalue weighted by molar-refractivity contribution is 5.66. The summed E-state index contributed by atoms with van der Waals surface area (Å²) in [6, 6.07) is 0.273. The lowest BCUT2D eigenvalue weighted by Crippen LogP contribution is -2.04. The Kier molecular flexibility index (Phi) is 3.42. The fourth-order valence-corrected chi connectivity index (χ4v) is 1.13. The van der Waals surface area contributed by atoms with Gasteiger partial charge >= 0.3 is 5.97 Å². The molecule has 0 amide bonds. The van der Waals surface area contributed by atoms with Crippen LogP contribution in [0.15, 0.2) is 12.7 Å². The number of carboxylic acids is 1. The maximum absolute atomic E-state index is 10.2. The van der Waals surface area contributed by atoms with Gasteiger partial charge in [-0.25, -0.2) is 0 Å². The molecule has 0 aliphatic carbocycles. The quantitative estimate of drug-likeness (QED) is 0.742. The Morgan fingerprint density at radius 3 is 2.69 bits per heavy atom. The number of carbonyl (C=O) groups is 1. The van der Waals surface area contributed by atoms with Crippen LogP contribution in [0.25, 0.3) is 0 Å². The molecule has 0 spiro atoms. The van der Waals surface area contributed by atoms with E-state index in [9.17, 15) is 4.79 Å². The van der Waals surface area contributed by atoms with Gasteiger partial charge in [0.05, 0.1) is 0 Å². The summed E-state index contributed by atoms with van der Waals surface area (Å²) in [5.74, 6) is -0.740. The Labute approximate surface area is 76.4 Å². The second-order valence-electron chi connectivity index (χ2n) is 3.04. The average Bonchev–Trinajstić information content (AvgIpc) is 2.55. The van der Waals surface area contributed by atoms with Gasteiger partial charge in [0, 0.05) is 12.5 Å². The van der Waals surface area contributed by atoms with E-state index in [1.807, 2.05) is 11.5 Å². The monoisotopic (exact) mass is 183 g/mol. The lowest BCUT2D eigenvalue weighted by atomic mass is 10.1. The van der Waals surface area contributed by atoms with Crippen molar-refractivity contribution in [1.29, 1.82) is 0 Å². The summed E-state index contributed by atoms with van der Waals surface area (Å²) in [6.45, 7) is 2.02. The van der Waals surface area contributed by atoms with Gasteiger partial charge in [0.1, 0.15) is 12.7 Å². The van der Waals surface area contributed by atoms with Crippen LogP contribution < -0.4 is 0 Å². The molecule has 0 bridgehead atoms. The first-order valence-electron chi connectivity index (χ1n) is 4.26. The molecule has 0 aliphatic heterocycles. The molecule has 1 unspecified atom stereocenters. The Bertz CT molecular complexity index is 258. The van der Waals surface area contributed by atoms with E-state index in [1.54, 1.807) is 12.7 Å². The van der Waals surface area contributed by atoms with Gasteiger partial charge in [0.25, 0.3) is 0 Å². The number of rotatable bonds is 5. The Balaban J connectivity index is 2.26. The SMILES string of the molecule is CC(CCCC(=O)O)n1cnnc1. The molecule has 1 N–H and O–H groups in total. The van der Waals surface area contributed by atoms with E-state index in [0.29, 0.717) is 6.42 Å². The van der Waals surface area contributed by atoms with Crippen molar-refractivity contribution in [2.75, 3.05) is 0 Å². The molecule has 5 heteroatoms. The van der Waals surface area contributed by atoms with Crippen LogP contribution >= 0.6 is 0 Å². The highest BCUT2D eigenvalue weighted by atomic mass is 16.4. The van der Waals surface area contributed by atoms with Gasteiger partial charge in [-0.2, -0.15) is 0 Å². The minimum Gasteiger partial charge on any atom is -0.481 e. The Morgan fingerprint density at radius 2 is 2.15 bits per heavy atom. The maximum Gasteiger partial charge on any atom is 0.303 e. The van der Waals surface area contributed by atoms with Crippen LogP contribution in [0.3, 0.4) is 0 Å². The van der Waals surface area contributed by atoms with Crippen LogP contribution in [-0.2, 0) is 4.79 Å². The maximum atomic E-state index is 10.2. The third-order valence-corrected chi connectivity index (χ3v) is 1.96. The van der Waals surface area contributed by atoms with Crippen LogP contribution in [0, 0.1) is 0 Å². The molecule has 0 aromatic carbocycles. The van der Waals surface area contributed by atoms with Crippen LogP contribution in [0.5, 0.6) is 0 Å². The third kappa shape index (κ3) is 3.23. The summed E-state index contributed by atoms with van der Waals surface area (Å²) < 4.78 is 1.88. The van der Waals surface area contributed by atoms with Gasteiger partial charge in [-0.15, -0.1) is 10.2 Å². The number of carboxylic acid groups (broad SMARTS) is 1. The predicted octanol–water partition coefficient (Wildman–Crippen LogP) is 1.09. The van der Waals surface area contributed by atoms with Crippen molar-refractivity contribution in [1.82, 2.24) is 14.8 Å². The normalized spacial score (nSPS) is 12.7. The first kappa shape index (κ1) is 9.70. The first-order chi connectivity index (χ1) is 6.20. The molecule has 1 heterocycles. The number of hydrogen-bond acceptors (Lipinski definition) is 3. The van der Waals surface area contributed by atoms with Gasteiger partial charge in [-0.3, -0.25) is 4.79 Å². The Hall–Kier alpha value is -1.39. The highest BCUT2D eigenvalue weighted by Crippen LogP contribution is 2.12. The van der Waals surface area contributed by atoms with Crippen molar-refractivity contribution in [2.45, 2.75) is 32.2 Å². The number of nitrogens with zero attached hydrogens (tertiary/aromatic N) is 3. The van der Waals surface area contributed by atoms with Gasteiger partial charge in [0.2, 0.25) is 0 Å². The molecule has 0 aliphatic rings. The zero-order chi connectivity index (χ0) is 9.68. The fraction of sp³-hybridized carbons (Fsp3) is 0.625. The second kappa shape index (κ2) is 4.59.